The molecule has 0 N–H and O–H groups in total. The molecule has 1 aromatic carbocycles. The Morgan fingerprint density at radius 1 is 1.31 bits per heavy atom. The molecular formula is C11H13FO. The summed E-state index contributed by atoms with van der Waals surface area (Å²) in [7, 11) is 0. The monoisotopic (exact) mass is 180 g/mol. The number of halogens is 1. The molecule has 1 fully saturated rings. The second-order valence-corrected chi connectivity index (χ2v) is 3.46. The van der Waals surface area contributed by atoms with Gasteiger partial charge in [-0.3, -0.25) is 0 Å². The van der Waals surface area contributed by atoms with Gasteiger partial charge in [0, 0.05) is 5.56 Å². The van der Waals surface area contributed by atoms with Crippen molar-refractivity contribution in [3.8, 4) is 0 Å². The lowest BCUT2D eigenvalue weighted by Gasteiger charge is -2.25. The molecule has 0 atom stereocenters. The Morgan fingerprint density at radius 2 is 2.08 bits per heavy atom. The highest BCUT2D eigenvalue weighted by Gasteiger charge is 2.17. The van der Waals surface area contributed by atoms with Crippen LogP contribution in [0.3, 0.4) is 0 Å². The minimum absolute atomic E-state index is 0.165. The van der Waals surface area contributed by atoms with Crippen LogP contribution >= 0.6 is 0 Å². The third-order valence-corrected chi connectivity index (χ3v) is 2.48. The van der Waals surface area contributed by atoms with Gasteiger partial charge in [-0.25, -0.2) is 4.39 Å². The lowest BCUT2D eigenvalue weighted by molar-refractivity contribution is -0.00975. The topological polar surface area (TPSA) is 9.23 Å². The lowest BCUT2D eigenvalue weighted by Crippen LogP contribution is -2.21. The second kappa shape index (κ2) is 3.88. The van der Waals surface area contributed by atoms with Crippen LogP contribution in [0.15, 0.2) is 24.3 Å². The van der Waals surface area contributed by atoms with E-state index in [-0.39, 0.29) is 5.82 Å². The Labute approximate surface area is 77.5 Å². The summed E-state index contributed by atoms with van der Waals surface area (Å²) in [5, 5.41) is 0. The Balaban J connectivity index is 1.89. The lowest BCUT2D eigenvalue weighted by atomic mass is 9.96. The highest BCUT2D eigenvalue weighted by Crippen LogP contribution is 2.23. The number of rotatable bonds is 3. The van der Waals surface area contributed by atoms with Gasteiger partial charge in [0.15, 0.2) is 0 Å². The van der Waals surface area contributed by atoms with Crippen molar-refractivity contribution in [2.75, 3.05) is 0 Å². The quantitative estimate of drug-likeness (QED) is 0.695. The summed E-state index contributed by atoms with van der Waals surface area (Å²) in [6.45, 7) is 0.414. The van der Waals surface area contributed by atoms with Gasteiger partial charge in [0.05, 0.1) is 12.7 Å². The molecule has 1 nitrogen and oxygen atoms in total. The smallest absolute Gasteiger partial charge is 0.128 e. The molecule has 2 rings (SSSR count). The zero-order valence-corrected chi connectivity index (χ0v) is 7.50. The fourth-order valence-electron chi connectivity index (χ4n) is 1.36. The van der Waals surface area contributed by atoms with E-state index in [0.29, 0.717) is 18.3 Å². The van der Waals surface area contributed by atoms with Crippen molar-refractivity contribution >= 4 is 0 Å². The third-order valence-electron chi connectivity index (χ3n) is 2.48. The van der Waals surface area contributed by atoms with Crippen molar-refractivity contribution in [2.24, 2.45) is 0 Å². The van der Waals surface area contributed by atoms with E-state index in [0.717, 1.165) is 12.8 Å². The van der Waals surface area contributed by atoms with Crippen LogP contribution < -0.4 is 0 Å². The highest BCUT2D eigenvalue weighted by atomic mass is 19.1. The van der Waals surface area contributed by atoms with E-state index in [2.05, 4.69) is 0 Å². The van der Waals surface area contributed by atoms with Crippen molar-refractivity contribution in [2.45, 2.75) is 32.0 Å². The van der Waals surface area contributed by atoms with Crippen molar-refractivity contribution < 1.29 is 9.13 Å². The fourth-order valence-corrected chi connectivity index (χ4v) is 1.36. The first-order valence-corrected chi connectivity index (χ1v) is 4.71. The molecule has 1 aliphatic rings. The maximum atomic E-state index is 13.1. The molecule has 0 amide bonds. The van der Waals surface area contributed by atoms with Gasteiger partial charge in [-0.1, -0.05) is 18.2 Å². The minimum Gasteiger partial charge on any atom is -0.373 e. The Morgan fingerprint density at radius 3 is 2.69 bits per heavy atom. The maximum Gasteiger partial charge on any atom is 0.128 e. The molecule has 1 aliphatic carbocycles. The highest BCUT2D eigenvalue weighted by molar-refractivity contribution is 5.16. The molecule has 70 valence electrons. The van der Waals surface area contributed by atoms with E-state index in [9.17, 15) is 4.39 Å². The predicted octanol–water partition coefficient (Wildman–Crippen LogP) is 2.89. The molecule has 0 aromatic heterocycles. The van der Waals surface area contributed by atoms with Gasteiger partial charge in [-0.05, 0) is 25.3 Å². The van der Waals surface area contributed by atoms with E-state index in [1.54, 1.807) is 12.1 Å². The normalized spacial score (nSPS) is 17.0. The van der Waals surface area contributed by atoms with Crippen LogP contribution in [-0.4, -0.2) is 6.10 Å². The van der Waals surface area contributed by atoms with Crippen LogP contribution in [0.4, 0.5) is 4.39 Å². The molecule has 0 bridgehead atoms. The molecule has 0 spiro atoms. The van der Waals surface area contributed by atoms with Crippen LogP contribution in [0.5, 0.6) is 0 Å². The molecule has 0 heterocycles. The number of benzene rings is 1. The van der Waals surface area contributed by atoms with Gasteiger partial charge < -0.3 is 4.74 Å². The minimum atomic E-state index is -0.165. The summed E-state index contributed by atoms with van der Waals surface area (Å²) in [5.41, 5.74) is 0.661. The van der Waals surface area contributed by atoms with E-state index >= 15 is 0 Å². The average molecular weight is 180 g/mol. The first kappa shape index (κ1) is 8.70. The summed E-state index contributed by atoms with van der Waals surface area (Å²) in [4.78, 5) is 0. The van der Waals surface area contributed by atoms with Crippen LogP contribution in [0.25, 0.3) is 0 Å². The van der Waals surface area contributed by atoms with E-state index in [4.69, 9.17) is 4.74 Å². The third kappa shape index (κ3) is 2.07. The van der Waals surface area contributed by atoms with Crippen LogP contribution in [0.2, 0.25) is 0 Å². The summed E-state index contributed by atoms with van der Waals surface area (Å²) in [6, 6.07) is 6.78. The molecule has 1 saturated carbocycles. The van der Waals surface area contributed by atoms with Gasteiger partial charge in [0.25, 0.3) is 0 Å². The van der Waals surface area contributed by atoms with Crippen molar-refractivity contribution in [1.82, 2.24) is 0 Å². The number of hydrogen-bond donors (Lipinski definition) is 0. The predicted molar refractivity (Wildman–Crippen MR) is 48.8 cm³/mol. The van der Waals surface area contributed by atoms with Gasteiger partial charge in [0.2, 0.25) is 0 Å². The van der Waals surface area contributed by atoms with E-state index < -0.39 is 0 Å². The molecular weight excluding hydrogens is 167 g/mol. The molecule has 2 heteroatoms. The van der Waals surface area contributed by atoms with Gasteiger partial charge in [0.1, 0.15) is 5.82 Å². The van der Waals surface area contributed by atoms with Crippen LogP contribution in [0, 0.1) is 5.82 Å². The summed E-state index contributed by atoms with van der Waals surface area (Å²) >= 11 is 0. The number of ether oxygens (including phenoxy) is 1. The van der Waals surface area contributed by atoms with Crippen LogP contribution in [0.1, 0.15) is 24.8 Å². The first-order valence-electron chi connectivity index (χ1n) is 4.71. The van der Waals surface area contributed by atoms with Crippen molar-refractivity contribution in [3.63, 3.8) is 0 Å². The molecule has 0 radical (unpaired) electrons. The van der Waals surface area contributed by atoms with Gasteiger partial charge >= 0.3 is 0 Å². The Hall–Kier alpha value is -0.890. The molecule has 0 aliphatic heterocycles. The molecule has 0 unspecified atom stereocenters. The van der Waals surface area contributed by atoms with Gasteiger partial charge in [-0.2, -0.15) is 0 Å². The van der Waals surface area contributed by atoms with E-state index in [1.807, 2.05) is 6.07 Å². The Bertz CT molecular complexity index is 281. The van der Waals surface area contributed by atoms with Gasteiger partial charge in [-0.15, -0.1) is 0 Å². The first-order chi connectivity index (χ1) is 6.36. The fraction of sp³-hybridized carbons (Fsp3) is 0.455. The Kier molecular flexibility index (Phi) is 2.60. The van der Waals surface area contributed by atoms with E-state index in [1.165, 1.54) is 12.5 Å². The van der Waals surface area contributed by atoms with Crippen molar-refractivity contribution in [3.05, 3.63) is 35.6 Å². The van der Waals surface area contributed by atoms with Crippen LogP contribution in [-0.2, 0) is 11.3 Å². The zero-order valence-electron chi connectivity index (χ0n) is 7.50. The standard InChI is InChI=1S/C11H13FO/c12-11-7-2-1-4-9(11)8-13-10-5-3-6-10/h1-2,4,7,10H,3,5-6,8H2. The largest absolute Gasteiger partial charge is 0.373 e. The zero-order chi connectivity index (χ0) is 9.10. The molecule has 13 heavy (non-hydrogen) atoms. The molecule has 0 saturated heterocycles. The average Bonchev–Trinajstić information content (AvgIpc) is 2.05. The number of hydrogen-bond acceptors (Lipinski definition) is 1. The summed E-state index contributed by atoms with van der Waals surface area (Å²) in [5.74, 6) is -0.165. The molecule has 1 aromatic rings. The maximum absolute atomic E-state index is 13.1. The summed E-state index contributed by atoms with van der Waals surface area (Å²) < 4.78 is 18.6. The SMILES string of the molecule is Fc1ccccc1COC1CCC1. The van der Waals surface area contributed by atoms with Crippen molar-refractivity contribution in [1.29, 1.82) is 0 Å². The summed E-state index contributed by atoms with van der Waals surface area (Å²) in [6.07, 6.45) is 3.89. The second-order valence-electron chi connectivity index (χ2n) is 3.46.